The Morgan fingerprint density at radius 2 is 2.21 bits per heavy atom. The Hall–Kier alpha value is -3.26. The third kappa shape index (κ3) is 3.72. The molecular formula is C20H22N6O2. The number of aromatic nitrogens is 4. The fraction of sp³-hybridized carbons (Fsp3) is 0.300. The molecule has 0 unspecified atom stereocenters. The van der Waals surface area contributed by atoms with Crippen molar-refractivity contribution in [3.8, 4) is 5.75 Å². The van der Waals surface area contributed by atoms with Gasteiger partial charge in [-0.2, -0.15) is 5.10 Å². The zero-order valence-corrected chi connectivity index (χ0v) is 15.9. The zero-order valence-electron chi connectivity index (χ0n) is 15.9. The number of carbonyl (C=O) groups excluding carboxylic acids is 1. The monoisotopic (exact) mass is 378 g/mol. The van der Waals surface area contributed by atoms with E-state index >= 15 is 0 Å². The topological polar surface area (TPSA) is 94.0 Å². The number of carbonyl (C=O) groups is 1. The minimum Gasteiger partial charge on any atom is -0.493 e. The highest BCUT2D eigenvalue weighted by atomic mass is 16.5. The van der Waals surface area contributed by atoms with E-state index in [2.05, 4.69) is 32.0 Å². The maximum Gasteiger partial charge on any atom is 0.260 e. The number of nitrogens with zero attached hydrogens (tertiary/aromatic N) is 4. The molecule has 0 aliphatic carbocycles. The lowest BCUT2D eigenvalue weighted by Gasteiger charge is -2.13. The van der Waals surface area contributed by atoms with Gasteiger partial charge in [0.1, 0.15) is 5.75 Å². The van der Waals surface area contributed by atoms with Crippen LogP contribution < -0.4 is 15.4 Å². The summed E-state index contributed by atoms with van der Waals surface area (Å²) in [5.41, 5.74) is 3.23. The quantitative estimate of drug-likeness (QED) is 0.708. The number of hydrogen-bond donors (Lipinski definition) is 2. The van der Waals surface area contributed by atoms with E-state index in [0.717, 1.165) is 36.1 Å². The summed E-state index contributed by atoms with van der Waals surface area (Å²) >= 11 is 0. The average Bonchev–Trinajstić information content (AvgIpc) is 3.08. The van der Waals surface area contributed by atoms with Crippen molar-refractivity contribution >= 4 is 28.2 Å². The molecule has 0 spiro atoms. The molecule has 2 N–H and O–H groups in total. The number of nitrogens with one attached hydrogen (secondary N) is 2. The number of ether oxygens (including phenoxy) is 1. The first kappa shape index (κ1) is 18.1. The van der Waals surface area contributed by atoms with Crippen LogP contribution in [0.15, 0.2) is 36.5 Å². The number of rotatable bonds is 5. The van der Waals surface area contributed by atoms with Crippen LogP contribution in [0, 0.1) is 0 Å². The van der Waals surface area contributed by atoms with Crippen molar-refractivity contribution in [2.24, 2.45) is 7.05 Å². The molecule has 3 aromatic rings. The summed E-state index contributed by atoms with van der Waals surface area (Å²) in [4.78, 5) is 12.8. The van der Waals surface area contributed by atoms with Crippen LogP contribution in [0.2, 0.25) is 0 Å². The summed E-state index contributed by atoms with van der Waals surface area (Å²) in [6.07, 6.45) is 4.90. The van der Waals surface area contributed by atoms with E-state index in [4.69, 9.17) is 4.74 Å². The summed E-state index contributed by atoms with van der Waals surface area (Å²) in [5.74, 6) is 0.602. The van der Waals surface area contributed by atoms with Crippen molar-refractivity contribution in [2.75, 3.05) is 25.0 Å². The zero-order chi connectivity index (χ0) is 19.5. The van der Waals surface area contributed by atoms with Crippen LogP contribution in [0.3, 0.4) is 0 Å². The first-order valence-electron chi connectivity index (χ1n) is 9.29. The van der Waals surface area contributed by atoms with Crippen molar-refractivity contribution in [3.63, 3.8) is 0 Å². The Labute approximate surface area is 162 Å². The van der Waals surface area contributed by atoms with Crippen LogP contribution in [-0.2, 0) is 7.05 Å². The molecule has 4 rings (SSSR count). The molecule has 8 heteroatoms. The van der Waals surface area contributed by atoms with Gasteiger partial charge in [-0.1, -0.05) is 6.08 Å². The summed E-state index contributed by atoms with van der Waals surface area (Å²) < 4.78 is 7.36. The molecule has 1 amide bonds. The fourth-order valence-electron chi connectivity index (χ4n) is 3.24. The number of amides is 1. The van der Waals surface area contributed by atoms with E-state index in [-0.39, 0.29) is 5.91 Å². The molecule has 8 nitrogen and oxygen atoms in total. The predicted molar refractivity (Wildman–Crippen MR) is 107 cm³/mol. The lowest BCUT2D eigenvalue weighted by atomic mass is 10.1. The highest BCUT2D eigenvalue weighted by Crippen LogP contribution is 2.26. The molecule has 3 heterocycles. The van der Waals surface area contributed by atoms with E-state index in [1.807, 2.05) is 26.2 Å². The summed E-state index contributed by atoms with van der Waals surface area (Å²) in [6, 6.07) is 7.22. The Balaban J connectivity index is 1.57. The smallest absolute Gasteiger partial charge is 0.260 e. The SMILES string of the molecule is CCOc1cc2nn(C)cc2cc1C(=O)Nc1ccc(C2=CCNCC2)nn1. The number of benzene rings is 1. The first-order chi connectivity index (χ1) is 13.6. The van der Waals surface area contributed by atoms with Crippen molar-refractivity contribution < 1.29 is 9.53 Å². The van der Waals surface area contributed by atoms with Gasteiger partial charge in [-0.3, -0.25) is 9.48 Å². The van der Waals surface area contributed by atoms with Gasteiger partial charge < -0.3 is 15.4 Å². The predicted octanol–water partition coefficient (Wildman–Crippen LogP) is 2.39. The van der Waals surface area contributed by atoms with Crippen molar-refractivity contribution in [3.05, 3.63) is 47.8 Å². The summed E-state index contributed by atoms with van der Waals surface area (Å²) in [7, 11) is 1.84. The van der Waals surface area contributed by atoms with Gasteiger partial charge in [0.25, 0.3) is 5.91 Å². The second-order valence-electron chi connectivity index (χ2n) is 6.58. The molecule has 0 atom stereocenters. The van der Waals surface area contributed by atoms with Crippen LogP contribution in [0.4, 0.5) is 5.82 Å². The van der Waals surface area contributed by atoms with Gasteiger partial charge in [0, 0.05) is 31.2 Å². The van der Waals surface area contributed by atoms with E-state index < -0.39 is 0 Å². The molecule has 1 aliphatic heterocycles. The Bertz CT molecular complexity index is 1040. The van der Waals surface area contributed by atoms with Crippen LogP contribution in [0.25, 0.3) is 16.5 Å². The van der Waals surface area contributed by atoms with E-state index in [9.17, 15) is 4.79 Å². The molecule has 1 aliphatic rings. The van der Waals surface area contributed by atoms with Crippen molar-refractivity contribution in [1.82, 2.24) is 25.3 Å². The molecule has 28 heavy (non-hydrogen) atoms. The Morgan fingerprint density at radius 3 is 2.93 bits per heavy atom. The largest absolute Gasteiger partial charge is 0.493 e. The Morgan fingerprint density at radius 1 is 1.32 bits per heavy atom. The molecule has 0 saturated carbocycles. The highest BCUT2D eigenvalue weighted by molar-refractivity contribution is 6.08. The summed E-state index contributed by atoms with van der Waals surface area (Å²) in [5, 5.41) is 19.7. The second kappa shape index (κ2) is 7.77. The van der Waals surface area contributed by atoms with E-state index in [0.29, 0.717) is 23.7 Å². The Kier molecular flexibility index (Phi) is 5.03. The second-order valence-corrected chi connectivity index (χ2v) is 6.58. The van der Waals surface area contributed by atoms with Crippen molar-refractivity contribution in [2.45, 2.75) is 13.3 Å². The standard InChI is InChI=1S/C20H22N6O2/c1-3-28-18-11-17-14(12-26(2)25-17)10-15(18)20(27)22-19-5-4-16(23-24-19)13-6-8-21-9-7-13/h4-6,10-12,21H,3,7-9H2,1-2H3,(H,22,24,27). The van der Waals surface area contributed by atoms with Gasteiger partial charge in [0.05, 0.1) is 23.4 Å². The molecular weight excluding hydrogens is 356 g/mol. The van der Waals surface area contributed by atoms with Gasteiger partial charge in [-0.15, -0.1) is 10.2 Å². The van der Waals surface area contributed by atoms with E-state index in [1.54, 1.807) is 22.9 Å². The normalized spacial score (nSPS) is 14.0. The van der Waals surface area contributed by atoms with Crippen LogP contribution in [0.1, 0.15) is 29.4 Å². The van der Waals surface area contributed by atoms with Gasteiger partial charge in [-0.25, -0.2) is 0 Å². The molecule has 1 aromatic carbocycles. The molecule has 0 bridgehead atoms. The lowest BCUT2D eigenvalue weighted by Crippen LogP contribution is -2.20. The van der Waals surface area contributed by atoms with Gasteiger partial charge in [-0.05, 0) is 43.7 Å². The molecule has 0 fully saturated rings. The van der Waals surface area contributed by atoms with Crippen molar-refractivity contribution in [1.29, 1.82) is 0 Å². The lowest BCUT2D eigenvalue weighted by molar-refractivity contribution is 0.102. The number of hydrogen-bond acceptors (Lipinski definition) is 6. The van der Waals surface area contributed by atoms with Crippen LogP contribution in [0.5, 0.6) is 5.75 Å². The van der Waals surface area contributed by atoms with Gasteiger partial charge >= 0.3 is 0 Å². The maximum atomic E-state index is 12.8. The van der Waals surface area contributed by atoms with E-state index in [1.165, 1.54) is 5.57 Å². The molecule has 0 radical (unpaired) electrons. The first-order valence-corrected chi connectivity index (χ1v) is 9.29. The molecule has 0 saturated heterocycles. The fourth-order valence-corrected chi connectivity index (χ4v) is 3.24. The number of fused-ring (bicyclic) bond motifs is 1. The van der Waals surface area contributed by atoms with Gasteiger partial charge in [0.15, 0.2) is 5.82 Å². The minimum atomic E-state index is -0.294. The van der Waals surface area contributed by atoms with Crippen LogP contribution >= 0.6 is 0 Å². The number of aryl methyl sites for hydroxylation is 1. The average molecular weight is 378 g/mol. The maximum absolute atomic E-state index is 12.8. The third-order valence-electron chi connectivity index (χ3n) is 4.56. The van der Waals surface area contributed by atoms with Gasteiger partial charge in [0.2, 0.25) is 0 Å². The van der Waals surface area contributed by atoms with Crippen LogP contribution in [-0.4, -0.2) is 45.6 Å². The third-order valence-corrected chi connectivity index (χ3v) is 4.56. The molecule has 2 aromatic heterocycles. The minimum absolute atomic E-state index is 0.294. The molecule has 144 valence electrons. The highest BCUT2D eigenvalue weighted by Gasteiger charge is 2.17. The number of anilines is 1. The summed E-state index contributed by atoms with van der Waals surface area (Å²) in [6.45, 7) is 4.11.